The van der Waals surface area contributed by atoms with E-state index in [1.165, 1.54) is 24.3 Å². The predicted molar refractivity (Wildman–Crippen MR) is 105 cm³/mol. The highest BCUT2D eigenvalue weighted by molar-refractivity contribution is 5.91. The molecule has 0 radical (unpaired) electrons. The Kier molecular flexibility index (Phi) is 4.72. The van der Waals surface area contributed by atoms with Crippen molar-refractivity contribution in [2.24, 2.45) is 0 Å². The number of carbonyl (C=O) groups is 1. The lowest BCUT2D eigenvalue weighted by Gasteiger charge is -2.08. The molecule has 0 aliphatic carbocycles. The van der Waals surface area contributed by atoms with Gasteiger partial charge in [-0.15, -0.1) is 0 Å². The Labute approximate surface area is 161 Å². The molecular formula is C23H17FN2O2. The van der Waals surface area contributed by atoms with Gasteiger partial charge in [0.15, 0.2) is 0 Å². The topological polar surface area (TPSA) is 44.1 Å². The zero-order valence-corrected chi connectivity index (χ0v) is 15.2. The highest BCUT2D eigenvalue weighted by Crippen LogP contribution is 2.27. The second kappa shape index (κ2) is 7.48. The molecular weight excluding hydrogens is 355 g/mol. The fourth-order valence-electron chi connectivity index (χ4n) is 2.80. The number of hydrogen-bond donors (Lipinski definition) is 0. The van der Waals surface area contributed by atoms with Crippen LogP contribution in [0.15, 0.2) is 84.9 Å². The molecule has 0 amide bonds. The third-order valence-electron chi connectivity index (χ3n) is 4.30. The molecule has 4 rings (SSSR count). The number of aryl methyl sites for hydroxylation is 1. The average molecular weight is 372 g/mol. The van der Waals surface area contributed by atoms with Gasteiger partial charge in [-0.1, -0.05) is 48.0 Å². The first kappa shape index (κ1) is 17.7. The molecule has 1 aromatic heterocycles. The van der Waals surface area contributed by atoms with Gasteiger partial charge in [-0.3, -0.25) is 0 Å². The van der Waals surface area contributed by atoms with E-state index in [1.54, 1.807) is 10.7 Å². The summed E-state index contributed by atoms with van der Waals surface area (Å²) in [6.45, 7) is 2.00. The van der Waals surface area contributed by atoms with Crippen molar-refractivity contribution in [1.29, 1.82) is 0 Å². The summed E-state index contributed by atoms with van der Waals surface area (Å²) in [6, 6.07) is 24.3. The second-order valence-electron chi connectivity index (χ2n) is 6.38. The predicted octanol–water partition coefficient (Wildman–Crippen LogP) is 5.21. The molecule has 138 valence electrons. The largest absolute Gasteiger partial charge is 0.404 e. The van der Waals surface area contributed by atoms with Crippen LogP contribution in [-0.2, 0) is 0 Å². The van der Waals surface area contributed by atoms with Crippen LogP contribution >= 0.6 is 0 Å². The van der Waals surface area contributed by atoms with Gasteiger partial charge in [0.25, 0.3) is 0 Å². The van der Waals surface area contributed by atoms with Gasteiger partial charge >= 0.3 is 5.97 Å². The smallest absolute Gasteiger partial charge is 0.344 e. The Balaban J connectivity index is 1.73. The van der Waals surface area contributed by atoms with Gasteiger partial charge in [0.05, 0.1) is 16.9 Å². The van der Waals surface area contributed by atoms with Gasteiger partial charge < -0.3 is 4.74 Å². The summed E-state index contributed by atoms with van der Waals surface area (Å²) in [7, 11) is 0. The number of carbonyl (C=O) groups excluding carboxylic acids is 1. The molecule has 0 aliphatic rings. The molecule has 5 heteroatoms. The number of hydrogen-bond acceptors (Lipinski definition) is 3. The molecule has 1 heterocycles. The van der Waals surface area contributed by atoms with E-state index in [-0.39, 0.29) is 11.4 Å². The van der Waals surface area contributed by atoms with Gasteiger partial charge in [-0.25, -0.2) is 13.9 Å². The number of nitrogens with zero attached hydrogens (tertiary/aromatic N) is 2. The Morgan fingerprint density at radius 2 is 1.61 bits per heavy atom. The first-order chi connectivity index (χ1) is 13.6. The third kappa shape index (κ3) is 3.69. The summed E-state index contributed by atoms with van der Waals surface area (Å²) >= 11 is 0. The number of rotatable bonds is 4. The molecule has 0 N–H and O–H groups in total. The Bertz CT molecular complexity index is 1100. The van der Waals surface area contributed by atoms with Crippen LogP contribution in [0, 0.1) is 12.7 Å². The SMILES string of the molecule is Cc1ccc(-n2nc(-c3ccccc3)cc2OC(=O)c2ccc(F)cc2)cc1. The van der Waals surface area contributed by atoms with Crippen molar-refractivity contribution in [3.05, 3.63) is 102 Å². The third-order valence-corrected chi connectivity index (χ3v) is 4.30. The van der Waals surface area contributed by atoms with Crippen molar-refractivity contribution in [3.8, 4) is 22.8 Å². The van der Waals surface area contributed by atoms with Crippen LogP contribution in [0.3, 0.4) is 0 Å². The molecule has 4 nitrogen and oxygen atoms in total. The quantitative estimate of drug-likeness (QED) is 0.462. The number of aromatic nitrogens is 2. The molecule has 0 unspecified atom stereocenters. The Morgan fingerprint density at radius 3 is 2.29 bits per heavy atom. The molecule has 0 spiro atoms. The Morgan fingerprint density at radius 1 is 0.929 bits per heavy atom. The van der Waals surface area contributed by atoms with E-state index in [4.69, 9.17) is 4.74 Å². The van der Waals surface area contributed by atoms with Crippen LogP contribution in [0.25, 0.3) is 16.9 Å². The van der Waals surface area contributed by atoms with Gasteiger partial charge in [0.1, 0.15) is 5.82 Å². The summed E-state index contributed by atoms with van der Waals surface area (Å²) in [6.07, 6.45) is 0. The summed E-state index contributed by atoms with van der Waals surface area (Å²) < 4.78 is 20.3. The molecule has 0 bridgehead atoms. The molecule has 0 saturated heterocycles. The van der Waals surface area contributed by atoms with E-state index in [9.17, 15) is 9.18 Å². The lowest BCUT2D eigenvalue weighted by atomic mass is 10.2. The van der Waals surface area contributed by atoms with E-state index < -0.39 is 11.8 Å². The van der Waals surface area contributed by atoms with Crippen molar-refractivity contribution in [2.45, 2.75) is 6.92 Å². The van der Waals surface area contributed by atoms with Crippen LogP contribution < -0.4 is 4.74 Å². The molecule has 0 saturated carbocycles. The highest BCUT2D eigenvalue weighted by atomic mass is 19.1. The van der Waals surface area contributed by atoms with Gasteiger partial charge in [0.2, 0.25) is 5.88 Å². The van der Waals surface area contributed by atoms with E-state index in [2.05, 4.69) is 5.10 Å². The van der Waals surface area contributed by atoms with Crippen molar-refractivity contribution >= 4 is 5.97 Å². The normalized spacial score (nSPS) is 10.6. The lowest BCUT2D eigenvalue weighted by Crippen LogP contribution is -2.11. The Hall–Kier alpha value is -3.73. The molecule has 0 aliphatic heterocycles. The first-order valence-electron chi connectivity index (χ1n) is 8.80. The summed E-state index contributed by atoms with van der Waals surface area (Å²) in [5.41, 5.74) is 3.74. The first-order valence-corrected chi connectivity index (χ1v) is 8.80. The zero-order valence-electron chi connectivity index (χ0n) is 15.2. The fraction of sp³-hybridized carbons (Fsp3) is 0.0435. The van der Waals surface area contributed by atoms with Crippen LogP contribution in [0.2, 0.25) is 0 Å². The average Bonchev–Trinajstić information content (AvgIpc) is 3.13. The summed E-state index contributed by atoms with van der Waals surface area (Å²) in [4.78, 5) is 12.5. The maximum Gasteiger partial charge on any atom is 0.344 e. The molecule has 4 aromatic rings. The van der Waals surface area contributed by atoms with Gasteiger partial charge in [-0.05, 0) is 43.3 Å². The van der Waals surface area contributed by atoms with Gasteiger partial charge in [0, 0.05) is 11.6 Å². The lowest BCUT2D eigenvalue weighted by molar-refractivity contribution is 0.0723. The van der Waals surface area contributed by atoms with Crippen molar-refractivity contribution in [2.75, 3.05) is 0 Å². The van der Waals surface area contributed by atoms with Crippen molar-refractivity contribution < 1.29 is 13.9 Å². The number of ether oxygens (including phenoxy) is 1. The summed E-state index contributed by atoms with van der Waals surface area (Å²) in [5, 5.41) is 4.62. The van der Waals surface area contributed by atoms with Gasteiger partial charge in [-0.2, -0.15) is 5.10 Å². The van der Waals surface area contributed by atoms with E-state index in [0.29, 0.717) is 5.69 Å². The van der Waals surface area contributed by atoms with E-state index in [1.807, 2.05) is 61.5 Å². The minimum absolute atomic E-state index is 0.263. The number of halogens is 1. The van der Waals surface area contributed by atoms with Crippen molar-refractivity contribution in [3.63, 3.8) is 0 Å². The minimum atomic E-state index is -0.576. The number of esters is 1. The molecule has 0 fully saturated rings. The monoisotopic (exact) mass is 372 g/mol. The fourth-order valence-corrected chi connectivity index (χ4v) is 2.80. The van der Waals surface area contributed by atoms with Crippen molar-refractivity contribution in [1.82, 2.24) is 9.78 Å². The molecule has 0 atom stereocenters. The standard InChI is InChI=1S/C23H17FN2O2/c1-16-7-13-20(14-8-16)26-22(15-21(25-26)17-5-3-2-4-6-17)28-23(27)18-9-11-19(24)12-10-18/h2-15H,1H3. The summed E-state index contributed by atoms with van der Waals surface area (Å²) in [5.74, 6) is -0.697. The maximum absolute atomic E-state index is 13.1. The van der Waals surface area contributed by atoms with E-state index in [0.717, 1.165) is 16.8 Å². The van der Waals surface area contributed by atoms with Crippen LogP contribution in [0.5, 0.6) is 5.88 Å². The van der Waals surface area contributed by atoms with Crippen LogP contribution in [0.1, 0.15) is 15.9 Å². The minimum Gasteiger partial charge on any atom is -0.404 e. The highest BCUT2D eigenvalue weighted by Gasteiger charge is 2.17. The van der Waals surface area contributed by atoms with E-state index >= 15 is 0 Å². The molecule has 28 heavy (non-hydrogen) atoms. The zero-order chi connectivity index (χ0) is 19.5. The maximum atomic E-state index is 13.1. The van der Waals surface area contributed by atoms with Crippen LogP contribution in [0.4, 0.5) is 4.39 Å². The van der Waals surface area contributed by atoms with Crippen LogP contribution in [-0.4, -0.2) is 15.7 Å². The number of benzene rings is 3. The molecule has 3 aromatic carbocycles. The second-order valence-corrected chi connectivity index (χ2v) is 6.38.